The molecule has 0 aromatic rings. The van der Waals surface area contributed by atoms with Crippen LogP contribution >= 0.6 is 0 Å². The summed E-state index contributed by atoms with van der Waals surface area (Å²) in [7, 11) is 2.29. The second-order valence-electron chi connectivity index (χ2n) is 9.75. The maximum Gasteiger partial charge on any atom is 0.225 e. The highest BCUT2D eigenvalue weighted by Gasteiger charge is 2.40. The first-order chi connectivity index (χ1) is 13.4. The van der Waals surface area contributed by atoms with Gasteiger partial charge in [-0.3, -0.25) is 9.59 Å². The van der Waals surface area contributed by atoms with Crippen LogP contribution in [0.3, 0.4) is 0 Å². The fourth-order valence-electron chi connectivity index (χ4n) is 6.24. The van der Waals surface area contributed by atoms with Gasteiger partial charge in [-0.1, -0.05) is 39.5 Å². The number of rotatable bonds is 6. The molecule has 6 atom stereocenters. The summed E-state index contributed by atoms with van der Waals surface area (Å²) in [6.07, 6.45) is 10.7. The lowest BCUT2D eigenvalue weighted by Crippen LogP contribution is -2.53. The van der Waals surface area contributed by atoms with E-state index in [1.807, 2.05) is 0 Å². The third-order valence-corrected chi connectivity index (χ3v) is 7.89. The number of piperidine rings is 1. The van der Waals surface area contributed by atoms with Crippen LogP contribution in [0.25, 0.3) is 0 Å². The molecule has 3 fully saturated rings. The number of nitrogens with zero attached hydrogens (tertiary/aromatic N) is 1. The van der Waals surface area contributed by atoms with Crippen molar-refractivity contribution in [2.45, 2.75) is 96.7 Å². The van der Waals surface area contributed by atoms with E-state index in [2.05, 4.69) is 43.4 Å². The summed E-state index contributed by atoms with van der Waals surface area (Å²) in [4.78, 5) is 28.1. The summed E-state index contributed by atoms with van der Waals surface area (Å²) in [6, 6.07) is 1.47. The minimum atomic E-state index is -0.0965. The largest absolute Gasteiger partial charge is 0.355 e. The van der Waals surface area contributed by atoms with E-state index in [-0.39, 0.29) is 29.7 Å². The zero-order valence-corrected chi connectivity index (χ0v) is 18.4. The molecule has 2 saturated carbocycles. The van der Waals surface area contributed by atoms with Gasteiger partial charge in [-0.2, -0.15) is 0 Å². The molecule has 1 heterocycles. The molecule has 0 bridgehead atoms. The Labute approximate surface area is 171 Å². The fourth-order valence-corrected chi connectivity index (χ4v) is 6.24. The summed E-state index contributed by atoms with van der Waals surface area (Å²) in [5.74, 6) is 1.01. The van der Waals surface area contributed by atoms with Gasteiger partial charge in [-0.15, -0.1) is 0 Å². The molecule has 0 aromatic heterocycles. The van der Waals surface area contributed by atoms with Crippen LogP contribution in [0.4, 0.5) is 0 Å². The van der Waals surface area contributed by atoms with Crippen LogP contribution in [-0.4, -0.2) is 48.4 Å². The van der Waals surface area contributed by atoms with Crippen molar-refractivity contribution in [3.05, 3.63) is 0 Å². The maximum absolute atomic E-state index is 13.1. The lowest BCUT2D eigenvalue weighted by atomic mass is 9.73. The van der Waals surface area contributed by atoms with Gasteiger partial charge in [0.15, 0.2) is 0 Å². The van der Waals surface area contributed by atoms with E-state index in [0.717, 1.165) is 25.7 Å². The highest BCUT2D eigenvalue weighted by Crippen LogP contribution is 2.38. The first-order valence-corrected chi connectivity index (χ1v) is 11.7. The van der Waals surface area contributed by atoms with Crippen LogP contribution in [0.15, 0.2) is 0 Å². The Morgan fingerprint density at radius 3 is 2.50 bits per heavy atom. The van der Waals surface area contributed by atoms with E-state index in [1.54, 1.807) is 0 Å². The zero-order chi connectivity index (χ0) is 20.3. The summed E-state index contributed by atoms with van der Waals surface area (Å²) in [5.41, 5.74) is 0. The Morgan fingerprint density at radius 2 is 1.86 bits per heavy atom. The lowest BCUT2D eigenvalue weighted by Gasteiger charge is -2.44. The van der Waals surface area contributed by atoms with Crippen molar-refractivity contribution in [1.82, 2.24) is 15.5 Å². The van der Waals surface area contributed by atoms with Crippen molar-refractivity contribution >= 4 is 11.8 Å². The number of amides is 2. The maximum atomic E-state index is 13.1. The van der Waals surface area contributed by atoms with Gasteiger partial charge in [-0.05, 0) is 57.9 Å². The van der Waals surface area contributed by atoms with Gasteiger partial charge < -0.3 is 15.5 Å². The van der Waals surface area contributed by atoms with E-state index in [9.17, 15) is 9.59 Å². The minimum Gasteiger partial charge on any atom is -0.355 e. The van der Waals surface area contributed by atoms with Gasteiger partial charge in [0.1, 0.15) is 0 Å². The minimum absolute atomic E-state index is 0.0912. The van der Waals surface area contributed by atoms with Crippen molar-refractivity contribution in [2.24, 2.45) is 23.7 Å². The molecule has 3 rings (SSSR count). The topological polar surface area (TPSA) is 61.4 Å². The molecular weight excluding hydrogens is 350 g/mol. The first kappa shape index (κ1) is 21.6. The molecule has 1 aliphatic heterocycles. The van der Waals surface area contributed by atoms with Gasteiger partial charge in [0.25, 0.3) is 0 Å². The summed E-state index contributed by atoms with van der Waals surface area (Å²) >= 11 is 0. The first-order valence-electron chi connectivity index (χ1n) is 11.7. The Balaban J connectivity index is 1.59. The lowest BCUT2D eigenvalue weighted by molar-refractivity contribution is -0.132. The highest BCUT2D eigenvalue weighted by atomic mass is 16.2. The van der Waals surface area contributed by atoms with Crippen LogP contribution in [0, 0.1) is 23.7 Å². The summed E-state index contributed by atoms with van der Waals surface area (Å²) in [5, 5.41) is 6.21. The number of carbonyl (C=O) groups excluding carboxylic acids is 2. The molecule has 5 heteroatoms. The summed E-state index contributed by atoms with van der Waals surface area (Å²) in [6.45, 7) is 6.91. The van der Waals surface area contributed by atoms with Crippen molar-refractivity contribution < 1.29 is 9.59 Å². The molecular formula is C23H41N3O2. The van der Waals surface area contributed by atoms with Gasteiger partial charge in [-0.25, -0.2) is 0 Å². The standard InChI is InChI=1S/C23H41N3O2/c1-5-18-19(11-8-12-21(18)26(4)17-9-6-7-10-17)22(27)24-14-20-15(2)13-16(3)25-23(20)28/h15-21H,5-14H2,1-4H3,(H,24,27)(H,25,28). The molecule has 28 heavy (non-hydrogen) atoms. The van der Waals surface area contributed by atoms with Crippen molar-refractivity contribution in [3.63, 3.8) is 0 Å². The van der Waals surface area contributed by atoms with E-state index in [0.29, 0.717) is 30.5 Å². The molecule has 5 nitrogen and oxygen atoms in total. The molecule has 2 aliphatic carbocycles. The van der Waals surface area contributed by atoms with E-state index < -0.39 is 0 Å². The summed E-state index contributed by atoms with van der Waals surface area (Å²) < 4.78 is 0. The van der Waals surface area contributed by atoms with Crippen molar-refractivity contribution in [2.75, 3.05) is 13.6 Å². The smallest absolute Gasteiger partial charge is 0.225 e. The van der Waals surface area contributed by atoms with Crippen LogP contribution in [0.5, 0.6) is 0 Å². The van der Waals surface area contributed by atoms with Gasteiger partial charge >= 0.3 is 0 Å². The van der Waals surface area contributed by atoms with Crippen molar-refractivity contribution in [1.29, 1.82) is 0 Å². The normalized spacial score (nSPS) is 37.1. The quantitative estimate of drug-likeness (QED) is 0.730. The van der Waals surface area contributed by atoms with Crippen LogP contribution in [-0.2, 0) is 9.59 Å². The predicted octanol–water partition coefficient (Wildman–Crippen LogP) is 3.33. The molecule has 2 amide bonds. The average molecular weight is 392 g/mol. The molecule has 0 aromatic carbocycles. The molecule has 2 N–H and O–H groups in total. The number of nitrogens with one attached hydrogen (secondary N) is 2. The Morgan fingerprint density at radius 1 is 1.14 bits per heavy atom. The third-order valence-electron chi connectivity index (χ3n) is 7.89. The predicted molar refractivity (Wildman–Crippen MR) is 113 cm³/mol. The fraction of sp³-hybridized carbons (Fsp3) is 0.913. The third kappa shape index (κ3) is 4.72. The molecule has 3 aliphatic rings. The van der Waals surface area contributed by atoms with E-state index in [1.165, 1.54) is 32.1 Å². The second-order valence-corrected chi connectivity index (χ2v) is 9.75. The van der Waals surface area contributed by atoms with E-state index in [4.69, 9.17) is 0 Å². The average Bonchev–Trinajstić information content (AvgIpc) is 3.20. The Kier molecular flexibility index (Phi) is 7.41. The molecule has 0 spiro atoms. The van der Waals surface area contributed by atoms with Crippen LogP contribution < -0.4 is 10.6 Å². The Bertz CT molecular complexity index is 546. The monoisotopic (exact) mass is 391 g/mol. The zero-order valence-electron chi connectivity index (χ0n) is 18.4. The number of carbonyl (C=O) groups is 2. The molecule has 160 valence electrons. The van der Waals surface area contributed by atoms with Gasteiger partial charge in [0.2, 0.25) is 11.8 Å². The van der Waals surface area contributed by atoms with Crippen LogP contribution in [0.2, 0.25) is 0 Å². The second kappa shape index (κ2) is 9.60. The number of hydrogen-bond donors (Lipinski definition) is 2. The van der Waals surface area contributed by atoms with Gasteiger partial charge in [0.05, 0.1) is 5.92 Å². The SMILES string of the molecule is CCC1C(C(=O)NCC2C(=O)NC(C)CC2C)CCCC1N(C)C1CCCC1. The van der Waals surface area contributed by atoms with E-state index >= 15 is 0 Å². The molecule has 0 radical (unpaired) electrons. The van der Waals surface area contributed by atoms with Crippen molar-refractivity contribution in [3.8, 4) is 0 Å². The molecule has 1 saturated heterocycles. The molecule has 6 unspecified atom stereocenters. The Hall–Kier alpha value is -1.10. The van der Waals surface area contributed by atoms with Gasteiger partial charge in [0, 0.05) is 30.6 Å². The van der Waals surface area contributed by atoms with Crippen LogP contribution in [0.1, 0.15) is 78.6 Å². The number of hydrogen-bond acceptors (Lipinski definition) is 3. The highest BCUT2D eigenvalue weighted by molar-refractivity contribution is 5.83.